The minimum atomic E-state index is -0.191. The molecule has 7 nitrogen and oxygen atoms in total. The van der Waals surface area contributed by atoms with Gasteiger partial charge in [0, 0.05) is 42.9 Å². The maximum atomic E-state index is 13.3. The number of nitrogens with zero attached hydrogens (tertiary/aromatic N) is 3. The van der Waals surface area contributed by atoms with E-state index in [-0.39, 0.29) is 17.9 Å². The van der Waals surface area contributed by atoms with Gasteiger partial charge in [0.05, 0.1) is 12.8 Å². The van der Waals surface area contributed by atoms with E-state index in [4.69, 9.17) is 4.74 Å². The molecule has 34 heavy (non-hydrogen) atoms. The van der Waals surface area contributed by atoms with Crippen LogP contribution in [0.3, 0.4) is 0 Å². The Balaban J connectivity index is 1.46. The SMILES string of the molecule is COc1ccccc1-c1cc2n(C)c(C)c(CCC(=O)NCCCc3ccccc3)c(=O)n2n1. The molecular formula is C27H30N4O3. The number of rotatable bonds is 9. The fourth-order valence-electron chi connectivity index (χ4n) is 4.18. The van der Waals surface area contributed by atoms with Gasteiger partial charge >= 0.3 is 0 Å². The Morgan fingerprint density at radius 3 is 2.56 bits per heavy atom. The number of ether oxygens (including phenoxy) is 1. The van der Waals surface area contributed by atoms with Crippen LogP contribution >= 0.6 is 0 Å². The maximum Gasteiger partial charge on any atom is 0.277 e. The van der Waals surface area contributed by atoms with Crippen LogP contribution in [0.25, 0.3) is 16.9 Å². The average molecular weight is 459 g/mol. The minimum absolute atomic E-state index is 0.0511. The van der Waals surface area contributed by atoms with E-state index in [1.807, 2.05) is 67.1 Å². The monoisotopic (exact) mass is 458 g/mol. The summed E-state index contributed by atoms with van der Waals surface area (Å²) in [5.41, 5.74) is 4.68. The number of hydrogen-bond donors (Lipinski definition) is 1. The Bertz CT molecular complexity index is 1360. The number of aryl methyl sites for hydroxylation is 2. The molecule has 1 N–H and O–H groups in total. The minimum Gasteiger partial charge on any atom is -0.496 e. The van der Waals surface area contributed by atoms with Gasteiger partial charge in [-0.2, -0.15) is 9.61 Å². The van der Waals surface area contributed by atoms with Crippen LogP contribution in [0, 0.1) is 6.92 Å². The molecule has 0 unspecified atom stereocenters. The van der Waals surface area contributed by atoms with Gasteiger partial charge in [0.15, 0.2) is 0 Å². The van der Waals surface area contributed by atoms with E-state index in [0.717, 1.165) is 24.1 Å². The van der Waals surface area contributed by atoms with Gasteiger partial charge in [-0.25, -0.2) is 0 Å². The van der Waals surface area contributed by atoms with Crippen molar-refractivity contribution in [2.24, 2.45) is 7.05 Å². The summed E-state index contributed by atoms with van der Waals surface area (Å²) < 4.78 is 8.82. The Morgan fingerprint density at radius 1 is 1.06 bits per heavy atom. The molecule has 4 aromatic rings. The second-order valence-electron chi connectivity index (χ2n) is 8.37. The zero-order valence-corrected chi connectivity index (χ0v) is 19.9. The summed E-state index contributed by atoms with van der Waals surface area (Å²) in [4.78, 5) is 25.7. The van der Waals surface area contributed by atoms with Gasteiger partial charge in [0.1, 0.15) is 11.4 Å². The smallest absolute Gasteiger partial charge is 0.277 e. The largest absolute Gasteiger partial charge is 0.496 e. The Labute approximate surface area is 199 Å². The van der Waals surface area contributed by atoms with Crippen LogP contribution in [0.2, 0.25) is 0 Å². The number of benzene rings is 2. The third-order valence-electron chi connectivity index (χ3n) is 6.22. The highest BCUT2D eigenvalue weighted by atomic mass is 16.5. The molecule has 2 aromatic carbocycles. The van der Waals surface area contributed by atoms with Gasteiger partial charge in [0.25, 0.3) is 5.56 Å². The van der Waals surface area contributed by atoms with Gasteiger partial charge in [-0.3, -0.25) is 9.59 Å². The summed E-state index contributed by atoms with van der Waals surface area (Å²) >= 11 is 0. The maximum absolute atomic E-state index is 13.3. The molecule has 2 aromatic heterocycles. The van der Waals surface area contributed by atoms with Crippen LogP contribution in [0.4, 0.5) is 0 Å². The molecule has 0 fully saturated rings. The van der Waals surface area contributed by atoms with Gasteiger partial charge in [-0.05, 0) is 43.9 Å². The fourth-order valence-corrected chi connectivity index (χ4v) is 4.18. The first-order valence-electron chi connectivity index (χ1n) is 11.5. The second kappa shape index (κ2) is 10.4. The van der Waals surface area contributed by atoms with Crippen molar-refractivity contribution in [3.05, 3.63) is 87.8 Å². The second-order valence-corrected chi connectivity index (χ2v) is 8.37. The Kier molecular flexibility index (Phi) is 7.11. The number of methoxy groups -OCH3 is 1. The van der Waals surface area contributed by atoms with Crippen molar-refractivity contribution < 1.29 is 9.53 Å². The first kappa shape index (κ1) is 23.3. The van der Waals surface area contributed by atoms with Crippen LogP contribution in [-0.4, -0.2) is 33.7 Å². The van der Waals surface area contributed by atoms with E-state index in [0.29, 0.717) is 35.6 Å². The van der Waals surface area contributed by atoms with E-state index in [9.17, 15) is 9.59 Å². The lowest BCUT2D eigenvalue weighted by molar-refractivity contribution is -0.121. The van der Waals surface area contributed by atoms with Crippen molar-refractivity contribution in [2.45, 2.75) is 32.6 Å². The fraction of sp³-hybridized carbons (Fsp3) is 0.296. The number of fused-ring (bicyclic) bond motifs is 1. The topological polar surface area (TPSA) is 77.6 Å². The molecule has 4 rings (SSSR count). The van der Waals surface area contributed by atoms with E-state index < -0.39 is 0 Å². The summed E-state index contributed by atoms with van der Waals surface area (Å²) in [6, 6.07) is 19.7. The number of para-hydroxylation sites is 1. The number of nitrogens with one attached hydrogen (secondary N) is 1. The summed E-state index contributed by atoms with van der Waals surface area (Å²) in [5, 5.41) is 7.54. The molecule has 0 atom stereocenters. The third kappa shape index (κ3) is 4.88. The third-order valence-corrected chi connectivity index (χ3v) is 6.22. The number of carbonyl (C=O) groups excluding carboxylic acids is 1. The van der Waals surface area contributed by atoms with Crippen LogP contribution in [-0.2, 0) is 24.7 Å². The first-order chi connectivity index (χ1) is 16.5. The summed E-state index contributed by atoms with van der Waals surface area (Å²) in [6.07, 6.45) is 2.42. The Hall–Kier alpha value is -3.87. The van der Waals surface area contributed by atoms with Gasteiger partial charge in [-0.15, -0.1) is 0 Å². The predicted molar refractivity (Wildman–Crippen MR) is 133 cm³/mol. The van der Waals surface area contributed by atoms with Crippen molar-refractivity contribution in [3.63, 3.8) is 0 Å². The predicted octanol–water partition coefficient (Wildman–Crippen LogP) is 3.70. The van der Waals surface area contributed by atoms with Gasteiger partial charge in [-0.1, -0.05) is 42.5 Å². The normalized spacial score (nSPS) is 11.0. The highest BCUT2D eigenvalue weighted by Crippen LogP contribution is 2.29. The molecule has 0 bridgehead atoms. The molecule has 0 saturated carbocycles. The van der Waals surface area contributed by atoms with Crippen molar-refractivity contribution >= 4 is 11.6 Å². The number of carbonyl (C=O) groups is 1. The summed E-state index contributed by atoms with van der Waals surface area (Å²) in [6.45, 7) is 2.52. The zero-order chi connectivity index (χ0) is 24.1. The van der Waals surface area contributed by atoms with Gasteiger partial charge in [0.2, 0.25) is 5.91 Å². The quantitative estimate of drug-likeness (QED) is 0.388. The molecule has 2 heterocycles. The van der Waals surface area contributed by atoms with Crippen LogP contribution in [0.5, 0.6) is 5.75 Å². The summed E-state index contributed by atoms with van der Waals surface area (Å²) in [7, 11) is 3.52. The van der Waals surface area contributed by atoms with E-state index in [2.05, 4.69) is 22.5 Å². The van der Waals surface area contributed by atoms with Crippen molar-refractivity contribution in [1.29, 1.82) is 0 Å². The average Bonchev–Trinajstić information content (AvgIpc) is 3.32. The lowest BCUT2D eigenvalue weighted by Crippen LogP contribution is -2.28. The van der Waals surface area contributed by atoms with Crippen LogP contribution in [0.1, 0.15) is 29.7 Å². The molecule has 0 aliphatic heterocycles. The number of aromatic nitrogens is 3. The highest BCUT2D eigenvalue weighted by molar-refractivity contribution is 5.76. The summed E-state index contributed by atoms with van der Waals surface area (Å²) in [5.74, 6) is 0.645. The lowest BCUT2D eigenvalue weighted by atomic mass is 10.1. The van der Waals surface area contributed by atoms with Gasteiger partial charge < -0.3 is 14.6 Å². The first-order valence-corrected chi connectivity index (χ1v) is 11.5. The van der Waals surface area contributed by atoms with Crippen molar-refractivity contribution in [2.75, 3.05) is 13.7 Å². The van der Waals surface area contributed by atoms with E-state index in [1.54, 1.807) is 7.11 Å². The molecule has 0 spiro atoms. The van der Waals surface area contributed by atoms with E-state index in [1.165, 1.54) is 10.1 Å². The molecule has 1 amide bonds. The van der Waals surface area contributed by atoms with Crippen molar-refractivity contribution in [3.8, 4) is 17.0 Å². The molecule has 7 heteroatoms. The molecule has 0 radical (unpaired) electrons. The van der Waals surface area contributed by atoms with Crippen LogP contribution < -0.4 is 15.6 Å². The number of amides is 1. The molecular weight excluding hydrogens is 428 g/mol. The lowest BCUT2D eigenvalue weighted by Gasteiger charge is -2.12. The standard InChI is InChI=1S/C27H30N4O3/c1-19-21(15-16-25(32)28-17-9-12-20-10-5-4-6-11-20)27(33)31-26(30(19)2)18-23(29-31)22-13-7-8-14-24(22)34-3/h4-8,10-11,13-14,18H,9,12,15-17H2,1-3H3,(H,28,32). The molecule has 0 saturated heterocycles. The number of hydrogen-bond acceptors (Lipinski definition) is 4. The molecule has 176 valence electrons. The molecule has 0 aliphatic rings. The molecule has 0 aliphatic carbocycles. The van der Waals surface area contributed by atoms with E-state index >= 15 is 0 Å². The zero-order valence-electron chi connectivity index (χ0n) is 19.9. The van der Waals surface area contributed by atoms with Crippen LogP contribution in [0.15, 0.2) is 65.5 Å². The highest BCUT2D eigenvalue weighted by Gasteiger charge is 2.17. The van der Waals surface area contributed by atoms with Crippen molar-refractivity contribution in [1.82, 2.24) is 19.5 Å². The Morgan fingerprint density at radius 2 is 1.79 bits per heavy atom.